The molecule has 6 heteroatoms. The van der Waals surface area contributed by atoms with E-state index in [0.29, 0.717) is 24.5 Å². The van der Waals surface area contributed by atoms with E-state index in [4.69, 9.17) is 14.2 Å². The minimum absolute atomic E-state index is 0.200. The van der Waals surface area contributed by atoms with Crippen molar-refractivity contribution >= 4 is 11.8 Å². The van der Waals surface area contributed by atoms with Crippen molar-refractivity contribution in [1.82, 2.24) is 4.98 Å². The van der Waals surface area contributed by atoms with Crippen molar-refractivity contribution in [2.24, 2.45) is 0 Å². The Morgan fingerprint density at radius 3 is 2.95 bits per heavy atom. The van der Waals surface area contributed by atoms with Crippen molar-refractivity contribution in [3.05, 3.63) is 23.4 Å². The molecule has 1 unspecified atom stereocenters. The highest BCUT2D eigenvalue weighted by Gasteiger charge is 2.40. The molecule has 3 heterocycles. The summed E-state index contributed by atoms with van der Waals surface area (Å²) in [5, 5.41) is 0. The van der Waals surface area contributed by atoms with Gasteiger partial charge in [-0.05, 0) is 19.1 Å². The van der Waals surface area contributed by atoms with E-state index in [2.05, 4.69) is 9.88 Å². The van der Waals surface area contributed by atoms with Crippen molar-refractivity contribution in [3.8, 4) is 0 Å². The predicted molar refractivity (Wildman–Crippen MR) is 76.6 cm³/mol. The van der Waals surface area contributed by atoms with Crippen LogP contribution in [0.2, 0.25) is 0 Å². The summed E-state index contributed by atoms with van der Waals surface area (Å²) in [5.41, 5.74) is 0.991. The summed E-state index contributed by atoms with van der Waals surface area (Å²) in [6.45, 7) is 5.46. The number of anilines is 1. The third-order valence-electron chi connectivity index (χ3n) is 4.12. The topological polar surface area (TPSA) is 60.9 Å². The van der Waals surface area contributed by atoms with Crippen LogP contribution in [-0.2, 0) is 14.2 Å². The number of hydrogen-bond acceptors (Lipinski definition) is 6. The monoisotopic (exact) mass is 292 g/mol. The molecule has 0 N–H and O–H groups in total. The van der Waals surface area contributed by atoms with Gasteiger partial charge in [-0.3, -0.25) is 0 Å². The molecular formula is C15H20N2O4. The summed E-state index contributed by atoms with van der Waals surface area (Å²) in [6, 6.07) is 3.64. The van der Waals surface area contributed by atoms with Gasteiger partial charge in [-0.1, -0.05) is 0 Å². The molecule has 6 nitrogen and oxygen atoms in total. The lowest BCUT2D eigenvalue weighted by Gasteiger charge is -2.40. The maximum atomic E-state index is 11.6. The van der Waals surface area contributed by atoms with Gasteiger partial charge in [-0.2, -0.15) is 0 Å². The van der Waals surface area contributed by atoms with Gasteiger partial charge in [0.05, 0.1) is 38.1 Å². The summed E-state index contributed by atoms with van der Waals surface area (Å²) in [6.07, 6.45) is 0.919. The molecule has 1 spiro atoms. The average molecular weight is 292 g/mol. The number of carbonyl (C=O) groups excluding carboxylic acids is 1. The fraction of sp³-hybridized carbons (Fsp3) is 0.600. The SMILES string of the molecule is COC(=O)c1ccc(N2CCOC3(CCOC3)C2)nc1C. The highest BCUT2D eigenvalue weighted by Crippen LogP contribution is 2.29. The molecule has 2 saturated heterocycles. The Morgan fingerprint density at radius 2 is 2.29 bits per heavy atom. The van der Waals surface area contributed by atoms with Crippen LogP contribution in [-0.4, -0.2) is 56.6 Å². The highest BCUT2D eigenvalue weighted by molar-refractivity contribution is 5.90. The van der Waals surface area contributed by atoms with Gasteiger partial charge in [-0.15, -0.1) is 0 Å². The Balaban J connectivity index is 1.80. The molecule has 114 valence electrons. The Labute approximate surface area is 124 Å². The number of esters is 1. The zero-order valence-electron chi connectivity index (χ0n) is 12.4. The van der Waals surface area contributed by atoms with Crippen LogP contribution in [0.1, 0.15) is 22.5 Å². The summed E-state index contributed by atoms with van der Waals surface area (Å²) < 4.78 is 16.1. The molecule has 0 saturated carbocycles. The number of aryl methyl sites for hydroxylation is 1. The maximum Gasteiger partial charge on any atom is 0.339 e. The second-order valence-corrected chi connectivity index (χ2v) is 5.55. The van der Waals surface area contributed by atoms with E-state index in [-0.39, 0.29) is 11.6 Å². The third kappa shape index (κ3) is 2.73. The molecule has 0 aromatic carbocycles. The first-order valence-electron chi connectivity index (χ1n) is 7.16. The minimum Gasteiger partial charge on any atom is -0.465 e. The summed E-state index contributed by atoms with van der Waals surface area (Å²) >= 11 is 0. The van der Waals surface area contributed by atoms with Crippen LogP contribution in [0, 0.1) is 6.92 Å². The van der Waals surface area contributed by atoms with Gasteiger partial charge in [0, 0.05) is 19.6 Å². The standard InChI is InChI=1S/C15H20N2O4/c1-11-12(14(18)19-2)3-4-13(16-11)17-6-8-21-15(9-17)5-7-20-10-15/h3-4H,5-10H2,1-2H3. The number of rotatable bonds is 2. The molecule has 21 heavy (non-hydrogen) atoms. The van der Waals surface area contributed by atoms with Crippen LogP contribution in [0.25, 0.3) is 0 Å². The van der Waals surface area contributed by atoms with Crippen molar-refractivity contribution in [1.29, 1.82) is 0 Å². The number of carbonyl (C=O) groups is 1. The van der Waals surface area contributed by atoms with Crippen LogP contribution < -0.4 is 4.90 Å². The molecule has 1 atom stereocenters. The van der Waals surface area contributed by atoms with Gasteiger partial charge >= 0.3 is 5.97 Å². The quantitative estimate of drug-likeness (QED) is 0.763. The summed E-state index contributed by atoms with van der Waals surface area (Å²) in [4.78, 5) is 18.4. The number of ether oxygens (including phenoxy) is 3. The van der Waals surface area contributed by atoms with Gasteiger partial charge in [0.25, 0.3) is 0 Å². The second-order valence-electron chi connectivity index (χ2n) is 5.55. The lowest BCUT2D eigenvalue weighted by molar-refractivity contribution is -0.0581. The Bertz CT molecular complexity index is 540. The molecule has 0 bridgehead atoms. The molecule has 2 aliphatic rings. The fourth-order valence-corrected chi connectivity index (χ4v) is 2.92. The third-order valence-corrected chi connectivity index (χ3v) is 4.12. The van der Waals surface area contributed by atoms with E-state index in [9.17, 15) is 4.79 Å². The van der Waals surface area contributed by atoms with E-state index in [1.54, 1.807) is 6.07 Å². The molecule has 0 aliphatic carbocycles. The Morgan fingerprint density at radius 1 is 1.43 bits per heavy atom. The smallest absolute Gasteiger partial charge is 0.339 e. The molecule has 3 rings (SSSR count). The van der Waals surface area contributed by atoms with Crippen molar-refractivity contribution < 1.29 is 19.0 Å². The van der Waals surface area contributed by atoms with Crippen LogP contribution >= 0.6 is 0 Å². The zero-order valence-corrected chi connectivity index (χ0v) is 12.4. The Kier molecular flexibility index (Phi) is 3.82. The highest BCUT2D eigenvalue weighted by atomic mass is 16.6. The number of morpholine rings is 1. The van der Waals surface area contributed by atoms with Crippen LogP contribution in [0.15, 0.2) is 12.1 Å². The van der Waals surface area contributed by atoms with E-state index < -0.39 is 0 Å². The van der Waals surface area contributed by atoms with E-state index in [1.807, 2.05) is 13.0 Å². The molecule has 1 aromatic rings. The number of aromatic nitrogens is 1. The molecule has 0 amide bonds. The number of hydrogen-bond donors (Lipinski definition) is 0. The van der Waals surface area contributed by atoms with Gasteiger partial charge < -0.3 is 19.1 Å². The number of pyridine rings is 1. The molecule has 2 aliphatic heterocycles. The molecule has 2 fully saturated rings. The first-order chi connectivity index (χ1) is 10.1. The van der Waals surface area contributed by atoms with Crippen molar-refractivity contribution in [2.45, 2.75) is 18.9 Å². The van der Waals surface area contributed by atoms with Crippen LogP contribution in [0.4, 0.5) is 5.82 Å². The van der Waals surface area contributed by atoms with E-state index in [1.165, 1.54) is 7.11 Å². The van der Waals surface area contributed by atoms with Crippen LogP contribution in [0.5, 0.6) is 0 Å². The molecule has 0 radical (unpaired) electrons. The lowest BCUT2D eigenvalue weighted by Crippen LogP contribution is -2.52. The Hall–Kier alpha value is -1.66. The van der Waals surface area contributed by atoms with E-state index in [0.717, 1.165) is 31.9 Å². The first kappa shape index (κ1) is 14.3. The largest absolute Gasteiger partial charge is 0.465 e. The van der Waals surface area contributed by atoms with E-state index >= 15 is 0 Å². The first-order valence-corrected chi connectivity index (χ1v) is 7.16. The van der Waals surface area contributed by atoms with Gasteiger partial charge in [0.15, 0.2) is 0 Å². The van der Waals surface area contributed by atoms with Gasteiger partial charge in [0.1, 0.15) is 11.4 Å². The summed E-state index contributed by atoms with van der Waals surface area (Å²) in [5.74, 6) is 0.518. The molecular weight excluding hydrogens is 272 g/mol. The summed E-state index contributed by atoms with van der Waals surface area (Å²) in [7, 11) is 1.38. The van der Waals surface area contributed by atoms with Gasteiger partial charge in [-0.25, -0.2) is 9.78 Å². The van der Waals surface area contributed by atoms with Crippen molar-refractivity contribution in [2.75, 3.05) is 44.9 Å². The second kappa shape index (κ2) is 5.61. The average Bonchev–Trinajstić information content (AvgIpc) is 2.94. The molecule has 1 aromatic heterocycles. The van der Waals surface area contributed by atoms with Gasteiger partial charge in [0.2, 0.25) is 0 Å². The van der Waals surface area contributed by atoms with Crippen LogP contribution in [0.3, 0.4) is 0 Å². The fourth-order valence-electron chi connectivity index (χ4n) is 2.92. The maximum absolute atomic E-state index is 11.6. The normalized spacial score (nSPS) is 25.3. The minimum atomic E-state index is -0.353. The van der Waals surface area contributed by atoms with Crippen molar-refractivity contribution in [3.63, 3.8) is 0 Å². The zero-order chi connectivity index (χ0) is 14.9. The lowest BCUT2D eigenvalue weighted by atomic mass is 10.0. The predicted octanol–water partition coefficient (Wildman–Crippen LogP) is 1.17. The number of methoxy groups -OCH3 is 1. The number of nitrogens with zero attached hydrogens (tertiary/aromatic N) is 2.